The molecule has 0 saturated carbocycles. The predicted octanol–water partition coefficient (Wildman–Crippen LogP) is 3.49. The van der Waals surface area contributed by atoms with Crippen LogP contribution in [-0.4, -0.2) is 4.98 Å². The summed E-state index contributed by atoms with van der Waals surface area (Å²) in [5, 5.41) is 6.08. The van der Waals surface area contributed by atoms with Gasteiger partial charge in [-0.2, -0.15) is 0 Å². The van der Waals surface area contributed by atoms with E-state index in [4.69, 9.17) is 5.73 Å². The van der Waals surface area contributed by atoms with Crippen molar-refractivity contribution in [3.05, 3.63) is 52.0 Å². The molecule has 2 aromatic rings. The monoisotopic (exact) mass is 259 g/mol. The molecule has 4 heteroatoms. The summed E-state index contributed by atoms with van der Waals surface area (Å²) in [7, 11) is 0. The number of nitrogen functional groups attached to an aromatic ring is 1. The molecule has 0 unspecified atom stereocenters. The van der Waals surface area contributed by atoms with Crippen molar-refractivity contribution in [2.24, 2.45) is 0 Å². The van der Waals surface area contributed by atoms with E-state index in [9.17, 15) is 0 Å². The largest absolute Gasteiger partial charge is 0.399 e. The number of nitrogens with two attached hydrogens (primary N) is 1. The predicted molar refractivity (Wildman–Crippen MR) is 79.1 cm³/mol. The van der Waals surface area contributed by atoms with Crippen molar-refractivity contribution in [3.8, 4) is 0 Å². The Hall–Kier alpha value is -1.81. The van der Waals surface area contributed by atoms with E-state index in [-0.39, 0.29) is 0 Å². The van der Waals surface area contributed by atoms with Crippen molar-refractivity contribution >= 4 is 22.8 Å². The Labute approximate surface area is 111 Å². The number of hydrogen-bond donors (Lipinski definition) is 2. The maximum Gasteiger partial charge on any atom is 0.141 e. The molecular weight excluding hydrogens is 242 g/mol. The lowest BCUT2D eigenvalue weighted by molar-refractivity contribution is 1.11. The molecule has 1 aromatic heterocycles. The van der Waals surface area contributed by atoms with Crippen LogP contribution in [0.25, 0.3) is 0 Å². The zero-order chi connectivity index (χ0) is 13.1. The van der Waals surface area contributed by atoms with Gasteiger partial charge in [0.2, 0.25) is 0 Å². The van der Waals surface area contributed by atoms with Crippen molar-refractivity contribution in [3.63, 3.8) is 0 Å². The van der Waals surface area contributed by atoms with Gasteiger partial charge in [-0.25, -0.2) is 4.98 Å². The standard InChI is InChI=1S/C14H17N3S/c1-4-16-13-8-18-14(17-13)7-11-5-10(3)12(15)6-9(11)2/h4-6,8,16H,1,7,15H2,2-3H3. The number of nitrogens with zero attached hydrogens (tertiary/aromatic N) is 1. The maximum absolute atomic E-state index is 5.89. The first-order valence-electron chi connectivity index (χ1n) is 5.77. The summed E-state index contributed by atoms with van der Waals surface area (Å²) >= 11 is 1.65. The Morgan fingerprint density at radius 1 is 1.39 bits per heavy atom. The van der Waals surface area contributed by atoms with Gasteiger partial charge in [-0.05, 0) is 42.8 Å². The minimum atomic E-state index is 0.844. The molecule has 1 aromatic carbocycles. The molecule has 0 radical (unpaired) electrons. The fourth-order valence-corrected chi connectivity index (χ4v) is 2.57. The van der Waals surface area contributed by atoms with Gasteiger partial charge in [0.1, 0.15) is 5.82 Å². The van der Waals surface area contributed by atoms with Crippen LogP contribution in [-0.2, 0) is 6.42 Å². The quantitative estimate of drug-likeness (QED) is 0.826. The van der Waals surface area contributed by atoms with Crippen LogP contribution < -0.4 is 11.1 Å². The van der Waals surface area contributed by atoms with Crippen LogP contribution in [0.2, 0.25) is 0 Å². The van der Waals surface area contributed by atoms with Gasteiger partial charge in [-0.15, -0.1) is 11.3 Å². The molecule has 3 N–H and O–H groups in total. The molecule has 0 aliphatic carbocycles. The fraction of sp³-hybridized carbons (Fsp3) is 0.214. The second-order valence-electron chi connectivity index (χ2n) is 4.29. The zero-order valence-corrected chi connectivity index (χ0v) is 11.5. The van der Waals surface area contributed by atoms with Gasteiger partial charge >= 0.3 is 0 Å². The van der Waals surface area contributed by atoms with Gasteiger partial charge in [0.05, 0.1) is 5.01 Å². The molecule has 0 amide bonds. The zero-order valence-electron chi connectivity index (χ0n) is 10.7. The van der Waals surface area contributed by atoms with Crippen LogP contribution >= 0.6 is 11.3 Å². The Morgan fingerprint density at radius 3 is 2.89 bits per heavy atom. The van der Waals surface area contributed by atoms with Gasteiger partial charge in [0, 0.05) is 17.5 Å². The van der Waals surface area contributed by atoms with E-state index < -0.39 is 0 Å². The highest BCUT2D eigenvalue weighted by Crippen LogP contribution is 2.23. The number of benzene rings is 1. The number of aromatic nitrogens is 1. The van der Waals surface area contributed by atoms with Crippen LogP contribution in [0.5, 0.6) is 0 Å². The Kier molecular flexibility index (Phi) is 3.67. The summed E-state index contributed by atoms with van der Waals surface area (Å²) in [5.41, 5.74) is 10.4. The molecule has 2 rings (SSSR count). The van der Waals surface area contributed by atoms with E-state index in [1.165, 1.54) is 11.1 Å². The third kappa shape index (κ3) is 2.71. The molecule has 0 fully saturated rings. The van der Waals surface area contributed by atoms with Crippen LogP contribution in [0.15, 0.2) is 30.3 Å². The summed E-state index contributed by atoms with van der Waals surface area (Å²) in [6.07, 6.45) is 2.48. The molecule has 0 saturated heterocycles. The molecule has 94 valence electrons. The van der Waals surface area contributed by atoms with E-state index in [1.807, 2.05) is 18.4 Å². The molecule has 3 nitrogen and oxygen atoms in total. The summed E-state index contributed by atoms with van der Waals surface area (Å²) in [6.45, 7) is 7.74. The molecule has 0 atom stereocenters. The molecule has 0 bridgehead atoms. The van der Waals surface area contributed by atoms with E-state index in [0.717, 1.165) is 28.5 Å². The average molecular weight is 259 g/mol. The number of anilines is 2. The number of nitrogens with one attached hydrogen (secondary N) is 1. The number of thiazole rings is 1. The summed E-state index contributed by atoms with van der Waals surface area (Å²) in [5.74, 6) is 0.856. The Balaban J connectivity index is 2.22. The highest BCUT2D eigenvalue weighted by molar-refractivity contribution is 7.10. The molecule has 1 heterocycles. The van der Waals surface area contributed by atoms with Crippen molar-refractivity contribution in [2.75, 3.05) is 11.1 Å². The SMILES string of the molecule is C=CNc1csc(Cc2cc(C)c(N)cc2C)n1. The number of hydrogen-bond acceptors (Lipinski definition) is 4. The lowest BCUT2D eigenvalue weighted by Gasteiger charge is -2.08. The van der Waals surface area contributed by atoms with Crippen molar-refractivity contribution in [1.82, 2.24) is 4.98 Å². The van der Waals surface area contributed by atoms with E-state index in [0.29, 0.717) is 0 Å². The second kappa shape index (κ2) is 5.23. The third-order valence-corrected chi connectivity index (χ3v) is 3.72. The van der Waals surface area contributed by atoms with Crippen LogP contribution in [0, 0.1) is 13.8 Å². The van der Waals surface area contributed by atoms with Gasteiger partial charge < -0.3 is 11.1 Å². The first-order valence-corrected chi connectivity index (χ1v) is 6.65. The minimum absolute atomic E-state index is 0.844. The van der Waals surface area contributed by atoms with Gasteiger partial charge in [-0.3, -0.25) is 0 Å². The molecule has 0 spiro atoms. The van der Waals surface area contributed by atoms with Gasteiger partial charge in [-0.1, -0.05) is 12.6 Å². The average Bonchev–Trinajstić information content (AvgIpc) is 2.74. The topological polar surface area (TPSA) is 50.9 Å². The lowest BCUT2D eigenvalue weighted by Crippen LogP contribution is -1.97. The van der Waals surface area contributed by atoms with Crippen LogP contribution in [0.4, 0.5) is 11.5 Å². The number of rotatable bonds is 4. The summed E-state index contributed by atoms with van der Waals surface area (Å²) < 4.78 is 0. The van der Waals surface area contributed by atoms with Gasteiger partial charge in [0.25, 0.3) is 0 Å². The summed E-state index contributed by atoms with van der Waals surface area (Å²) in [6, 6.07) is 4.17. The second-order valence-corrected chi connectivity index (χ2v) is 5.23. The van der Waals surface area contributed by atoms with E-state index in [2.05, 4.69) is 29.9 Å². The van der Waals surface area contributed by atoms with Crippen molar-refractivity contribution in [1.29, 1.82) is 0 Å². The normalized spacial score (nSPS) is 10.3. The third-order valence-electron chi connectivity index (χ3n) is 2.87. The molecular formula is C14H17N3S. The smallest absolute Gasteiger partial charge is 0.141 e. The molecule has 0 aliphatic heterocycles. The first-order chi connectivity index (χ1) is 8.60. The van der Waals surface area contributed by atoms with E-state index >= 15 is 0 Å². The Bertz CT molecular complexity index is 572. The number of aryl methyl sites for hydroxylation is 2. The first kappa shape index (κ1) is 12.6. The van der Waals surface area contributed by atoms with Crippen molar-refractivity contribution in [2.45, 2.75) is 20.3 Å². The summed E-state index contributed by atoms with van der Waals surface area (Å²) in [4.78, 5) is 4.49. The van der Waals surface area contributed by atoms with Gasteiger partial charge in [0.15, 0.2) is 0 Å². The molecule has 0 aliphatic rings. The maximum atomic E-state index is 5.89. The highest BCUT2D eigenvalue weighted by atomic mass is 32.1. The van der Waals surface area contributed by atoms with Crippen LogP contribution in [0.3, 0.4) is 0 Å². The fourth-order valence-electron chi connectivity index (χ4n) is 1.81. The lowest BCUT2D eigenvalue weighted by atomic mass is 10.0. The Morgan fingerprint density at radius 2 is 2.17 bits per heavy atom. The highest BCUT2D eigenvalue weighted by Gasteiger charge is 2.06. The van der Waals surface area contributed by atoms with Crippen molar-refractivity contribution < 1.29 is 0 Å². The molecule has 18 heavy (non-hydrogen) atoms. The minimum Gasteiger partial charge on any atom is -0.399 e. The van der Waals surface area contributed by atoms with Crippen LogP contribution in [0.1, 0.15) is 21.7 Å². The van der Waals surface area contributed by atoms with E-state index in [1.54, 1.807) is 17.5 Å².